The van der Waals surface area contributed by atoms with Crippen molar-refractivity contribution in [2.24, 2.45) is 0 Å². The van der Waals surface area contributed by atoms with Crippen molar-refractivity contribution in [1.82, 2.24) is 15.3 Å². The van der Waals surface area contributed by atoms with E-state index in [-0.39, 0.29) is 17.8 Å². The van der Waals surface area contributed by atoms with Crippen molar-refractivity contribution in [3.05, 3.63) is 64.9 Å². The Balaban J connectivity index is 1.89. The molecule has 3 N–H and O–H groups in total. The normalized spacial score (nSPS) is 13.6. The van der Waals surface area contributed by atoms with Gasteiger partial charge in [0.25, 0.3) is 5.91 Å². The lowest BCUT2D eigenvalue weighted by Crippen LogP contribution is -2.31. The molecule has 0 radical (unpaired) electrons. The number of fused-ring (bicyclic) bond motifs is 1. The van der Waals surface area contributed by atoms with Gasteiger partial charge in [0.1, 0.15) is 11.9 Å². The first-order chi connectivity index (χ1) is 15.0. The summed E-state index contributed by atoms with van der Waals surface area (Å²) in [5.41, 5.74) is 5.23. The standard InChI is InChI=1S/C24H23FN4O2/c1-14(31-3)7-8-16-13-26-11-9-17(16)22-23(21-20(29-22)10-12-27-24(21)30)28-19-6-4-5-18(25)15(19)2/h4-6,9,11,13-14,28-29H,10,12H2,1-3H3,(H,27,30). The molecule has 1 aromatic carbocycles. The highest BCUT2D eigenvalue weighted by Crippen LogP contribution is 2.38. The molecule has 0 fully saturated rings. The lowest BCUT2D eigenvalue weighted by Gasteiger charge is -2.16. The Bertz CT molecular complexity index is 1210. The van der Waals surface area contributed by atoms with Crippen molar-refractivity contribution in [2.45, 2.75) is 26.4 Å². The predicted octanol–water partition coefficient (Wildman–Crippen LogP) is 3.94. The number of nitrogens with zero attached hydrogens (tertiary/aromatic N) is 1. The highest BCUT2D eigenvalue weighted by molar-refractivity contribution is 6.06. The largest absolute Gasteiger partial charge is 0.369 e. The second-order valence-electron chi connectivity index (χ2n) is 7.34. The number of nitrogens with one attached hydrogen (secondary N) is 3. The quantitative estimate of drug-likeness (QED) is 0.561. The van der Waals surface area contributed by atoms with E-state index in [1.807, 2.05) is 13.0 Å². The first-order valence-corrected chi connectivity index (χ1v) is 10.0. The SMILES string of the molecule is COC(C)C#Cc1cnccc1-c1[nH]c2c(c1Nc1cccc(F)c1C)C(=O)NCC2. The van der Waals surface area contributed by atoms with Crippen LogP contribution < -0.4 is 10.6 Å². The van der Waals surface area contributed by atoms with Crippen molar-refractivity contribution < 1.29 is 13.9 Å². The molecule has 0 saturated heterocycles. The Kier molecular flexibility index (Phi) is 5.74. The number of H-pyrrole nitrogens is 1. The summed E-state index contributed by atoms with van der Waals surface area (Å²) in [5, 5.41) is 6.18. The average Bonchev–Trinajstić information content (AvgIpc) is 3.14. The Labute approximate surface area is 180 Å². The van der Waals surface area contributed by atoms with Crippen LogP contribution in [0, 0.1) is 24.6 Å². The lowest BCUT2D eigenvalue weighted by atomic mass is 10.0. The van der Waals surface area contributed by atoms with Crippen molar-refractivity contribution in [1.29, 1.82) is 0 Å². The van der Waals surface area contributed by atoms with E-state index in [1.165, 1.54) is 6.07 Å². The van der Waals surface area contributed by atoms with E-state index >= 15 is 0 Å². The summed E-state index contributed by atoms with van der Waals surface area (Å²) in [6.07, 6.45) is 3.80. The maximum absolute atomic E-state index is 14.2. The van der Waals surface area contributed by atoms with Crippen LogP contribution in [0.3, 0.4) is 0 Å². The number of hydrogen-bond acceptors (Lipinski definition) is 4. The van der Waals surface area contributed by atoms with Gasteiger partial charge in [-0.05, 0) is 32.0 Å². The third-order valence-corrected chi connectivity index (χ3v) is 5.35. The fourth-order valence-corrected chi connectivity index (χ4v) is 3.53. The molecule has 1 unspecified atom stereocenters. The number of halogens is 1. The molecule has 0 saturated carbocycles. The van der Waals surface area contributed by atoms with Gasteiger partial charge in [-0.15, -0.1) is 0 Å². The smallest absolute Gasteiger partial charge is 0.255 e. The molecule has 4 rings (SSSR count). The number of ether oxygens (including phenoxy) is 1. The van der Waals surface area contributed by atoms with Gasteiger partial charge in [0.2, 0.25) is 0 Å². The molecule has 3 heterocycles. The van der Waals surface area contributed by atoms with E-state index in [9.17, 15) is 9.18 Å². The van der Waals surface area contributed by atoms with Crippen molar-refractivity contribution >= 4 is 17.3 Å². The van der Waals surface area contributed by atoms with Gasteiger partial charge in [0.05, 0.1) is 22.5 Å². The minimum absolute atomic E-state index is 0.171. The summed E-state index contributed by atoms with van der Waals surface area (Å²) in [7, 11) is 1.60. The maximum atomic E-state index is 14.2. The van der Waals surface area contributed by atoms with Crippen LogP contribution in [0.4, 0.5) is 15.8 Å². The van der Waals surface area contributed by atoms with Crippen LogP contribution in [-0.4, -0.2) is 35.6 Å². The van der Waals surface area contributed by atoms with Crippen LogP contribution in [0.5, 0.6) is 0 Å². The number of carbonyl (C=O) groups is 1. The molecular weight excluding hydrogens is 395 g/mol. The third kappa shape index (κ3) is 4.03. The molecule has 158 valence electrons. The van der Waals surface area contributed by atoms with Gasteiger partial charge in [-0.2, -0.15) is 0 Å². The molecule has 31 heavy (non-hydrogen) atoms. The minimum Gasteiger partial charge on any atom is -0.369 e. The summed E-state index contributed by atoms with van der Waals surface area (Å²) in [4.78, 5) is 20.3. The number of benzene rings is 1. The number of pyridine rings is 1. The fourth-order valence-electron chi connectivity index (χ4n) is 3.53. The molecule has 0 aliphatic carbocycles. The topological polar surface area (TPSA) is 79.0 Å². The Hall–Kier alpha value is -3.63. The molecule has 1 aliphatic heterocycles. The number of carbonyl (C=O) groups excluding carboxylic acids is 1. The number of aromatic nitrogens is 2. The minimum atomic E-state index is -0.315. The third-order valence-electron chi connectivity index (χ3n) is 5.35. The monoisotopic (exact) mass is 418 g/mol. The van der Waals surface area contributed by atoms with E-state index in [2.05, 4.69) is 32.4 Å². The van der Waals surface area contributed by atoms with Gasteiger partial charge in [-0.1, -0.05) is 17.9 Å². The zero-order chi connectivity index (χ0) is 22.0. The summed E-state index contributed by atoms with van der Waals surface area (Å²) in [5.74, 6) is 5.67. The zero-order valence-corrected chi connectivity index (χ0v) is 17.6. The van der Waals surface area contributed by atoms with E-state index in [1.54, 1.807) is 38.6 Å². The molecule has 3 aromatic rings. The van der Waals surface area contributed by atoms with Gasteiger partial charge in [-0.25, -0.2) is 4.39 Å². The number of anilines is 2. The molecule has 1 amide bonds. The van der Waals surface area contributed by atoms with Gasteiger partial charge >= 0.3 is 0 Å². The van der Waals surface area contributed by atoms with Gasteiger partial charge in [0.15, 0.2) is 0 Å². The lowest BCUT2D eigenvalue weighted by molar-refractivity contribution is 0.0947. The number of amides is 1. The molecule has 7 heteroatoms. The van der Waals surface area contributed by atoms with Crippen LogP contribution in [0.1, 0.15) is 34.1 Å². The zero-order valence-electron chi connectivity index (χ0n) is 17.6. The summed E-state index contributed by atoms with van der Waals surface area (Å²) >= 11 is 0. The van der Waals surface area contributed by atoms with Crippen molar-refractivity contribution in [2.75, 3.05) is 19.0 Å². The van der Waals surface area contributed by atoms with Crippen LogP contribution in [0.15, 0.2) is 36.7 Å². The number of methoxy groups -OCH3 is 1. The van der Waals surface area contributed by atoms with E-state index in [0.717, 1.165) is 11.3 Å². The van der Waals surface area contributed by atoms with Gasteiger partial charge in [0, 0.05) is 55.0 Å². The van der Waals surface area contributed by atoms with Crippen LogP contribution in [-0.2, 0) is 11.2 Å². The van der Waals surface area contributed by atoms with Crippen LogP contribution in [0.25, 0.3) is 11.3 Å². The summed E-state index contributed by atoms with van der Waals surface area (Å²) in [6, 6.07) is 6.68. The van der Waals surface area contributed by atoms with Crippen LogP contribution in [0.2, 0.25) is 0 Å². The fraction of sp³-hybridized carbons (Fsp3) is 0.250. The number of rotatable bonds is 4. The first kappa shape index (κ1) is 20.6. The first-order valence-electron chi connectivity index (χ1n) is 10.0. The molecular formula is C24H23FN4O2. The van der Waals surface area contributed by atoms with Gasteiger partial charge < -0.3 is 20.4 Å². The second kappa shape index (κ2) is 8.62. The maximum Gasteiger partial charge on any atom is 0.255 e. The average molecular weight is 418 g/mol. The molecule has 0 bridgehead atoms. The van der Waals surface area contributed by atoms with Gasteiger partial charge in [-0.3, -0.25) is 9.78 Å². The van der Waals surface area contributed by atoms with E-state index < -0.39 is 0 Å². The molecule has 2 aromatic heterocycles. The number of hydrogen-bond donors (Lipinski definition) is 3. The Morgan fingerprint density at radius 1 is 1.32 bits per heavy atom. The summed E-state index contributed by atoms with van der Waals surface area (Å²) < 4.78 is 19.4. The van der Waals surface area contributed by atoms with Crippen molar-refractivity contribution in [3.8, 4) is 23.1 Å². The van der Waals surface area contributed by atoms with Crippen molar-refractivity contribution in [3.63, 3.8) is 0 Å². The Morgan fingerprint density at radius 3 is 2.97 bits per heavy atom. The second-order valence-corrected chi connectivity index (χ2v) is 7.34. The Morgan fingerprint density at radius 2 is 2.16 bits per heavy atom. The molecule has 6 nitrogen and oxygen atoms in total. The van der Waals surface area contributed by atoms with E-state index in [0.29, 0.717) is 46.7 Å². The van der Waals surface area contributed by atoms with E-state index in [4.69, 9.17) is 4.74 Å². The predicted molar refractivity (Wildman–Crippen MR) is 118 cm³/mol. The number of aromatic amines is 1. The molecule has 1 atom stereocenters. The molecule has 0 spiro atoms. The van der Waals surface area contributed by atoms with Crippen LogP contribution >= 0.6 is 0 Å². The highest BCUT2D eigenvalue weighted by atomic mass is 19.1. The molecule has 1 aliphatic rings. The highest BCUT2D eigenvalue weighted by Gasteiger charge is 2.28. The summed E-state index contributed by atoms with van der Waals surface area (Å²) in [6.45, 7) is 4.12.